The van der Waals surface area contributed by atoms with Gasteiger partial charge in [-0.3, -0.25) is 0 Å². The molecule has 20 heavy (non-hydrogen) atoms. The molecular weight excluding hydrogens is 254 g/mol. The highest BCUT2D eigenvalue weighted by atomic mass is 16.7. The van der Waals surface area contributed by atoms with Gasteiger partial charge in [0, 0.05) is 6.42 Å². The predicted molar refractivity (Wildman–Crippen MR) is 83.0 cm³/mol. The Balaban J connectivity index is 3.16. The molecule has 0 rings (SSSR count). The SMILES string of the molecule is CCCCCCCCCCCCCC(=O)ON=C(N)N. The van der Waals surface area contributed by atoms with Crippen LogP contribution in [0.5, 0.6) is 0 Å². The van der Waals surface area contributed by atoms with Crippen LogP contribution in [0.25, 0.3) is 0 Å². The number of nitrogens with two attached hydrogens (primary N) is 2. The number of hydrogen-bond acceptors (Lipinski definition) is 3. The number of nitrogens with zero attached hydrogens (tertiary/aromatic N) is 1. The minimum Gasteiger partial charge on any atom is -0.367 e. The molecule has 0 bridgehead atoms. The maximum absolute atomic E-state index is 11.2. The molecule has 0 saturated carbocycles. The van der Waals surface area contributed by atoms with Gasteiger partial charge in [-0.05, 0) is 11.6 Å². The van der Waals surface area contributed by atoms with Gasteiger partial charge in [0.05, 0.1) is 0 Å². The normalized spacial score (nSPS) is 10.2. The van der Waals surface area contributed by atoms with E-state index >= 15 is 0 Å². The van der Waals surface area contributed by atoms with E-state index in [9.17, 15) is 4.79 Å². The predicted octanol–water partition coefficient (Wildman–Crippen LogP) is 3.42. The Hall–Kier alpha value is -1.26. The highest BCUT2D eigenvalue weighted by Crippen LogP contribution is 2.12. The fourth-order valence-electron chi connectivity index (χ4n) is 2.08. The molecule has 5 nitrogen and oxygen atoms in total. The van der Waals surface area contributed by atoms with Crippen LogP contribution in [-0.2, 0) is 9.63 Å². The Kier molecular flexibility index (Phi) is 13.3. The summed E-state index contributed by atoms with van der Waals surface area (Å²) in [4.78, 5) is 15.7. The number of unbranched alkanes of at least 4 members (excludes halogenated alkanes) is 10. The van der Waals surface area contributed by atoms with Crippen molar-refractivity contribution in [3.8, 4) is 0 Å². The van der Waals surface area contributed by atoms with Crippen LogP contribution in [0, 0.1) is 0 Å². The monoisotopic (exact) mass is 285 g/mol. The Bertz CT molecular complexity index is 264. The Morgan fingerprint density at radius 3 is 1.75 bits per heavy atom. The molecule has 0 aromatic heterocycles. The quantitative estimate of drug-likeness (QED) is 0.178. The van der Waals surface area contributed by atoms with E-state index in [-0.39, 0.29) is 11.9 Å². The maximum atomic E-state index is 11.2. The number of oxime groups is 1. The Labute approximate surface area is 123 Å². The van der Waals surface area contributed by atoms with Crippen LogP contribution < -0.4 is 11.5 Å². The van der Waals surface area contributed by atoms with Crippen molar-refractivity contribution in [2.24, 2.45) is 16.6 Å². The number of rotatable bonds is 13. The smallest absolute Gasteiger partial charge is 0.335 e. The zero-order valence-corrected chi connectivity index (χ0v) is 12.9. The third kappa shape index (κ3) is 14.8. The average molecular weight is 285 g/mol. The molecule has 0 aliphatic rings. The van der Waals surface area contributed by atoms with Gasteiger partial charge >= 0.3 is 5.97 Å². The van der Waals surface area contributed by atoms with Crippen LogP contribution in [0.1, 0.15) is 84.0 Å². The first-order valence-corrected chi connectivity index (χ1v) is 7.95. The lowest BCUT2D eigenvalue weighted by molar-refractivity contribution is -0.143. The van der Waals surface area contributed by atoms with E-state index in [1.54, 1.807) is 0 Å². The Morgan fingerprint density at radius 1 is 0.850 bits per heavy atom. The summed E-state index contributed by atoms with van der Waals surface area (Å²) in [6.45, 7) is 2.24. The maximum Gasteiger partial charge on any atom is 0.335 e. The summed E-state index contributed by atoms with van der Waals surface area (Å²) in [7, 11) is 0. The summed E-state index contributed by atoms with van der Waals surface area (Å²) in [5.74, 6) is -0.591. The van der Waals surface area contributed by atoms with Crippen LogP contribution in [-0.4, -0.2) is 11.9 Å². The van der Waals surface area contributed by atoms with E-state index < -0.39 is 0 Å². The van der Waals surface area contributed by atoms with E-state index in [0.29, 0.717) is 6.42 Å². The van der Waals surface area contributed by atoms with Crippen molar-refractivity contribution < 1.29 is 9.63 Å². The lowest BCUT2D eigenvalue weighted by atomic mass is 10.1. The van der Waals surface area contributed by atoms with Crippen molar-refractivity contribution in [1.29, 1.82) is 0 Å². The summed E-state index contributed by atoms with van der Waals surface area (Å²) < 4.78 is 0. The van der Waals surface area contributed by atoms with Crippen LogP contribution in [0.2, 0.25) is 0 Å². The van der Waals surface area contributed by atoms with Gasteiger partial charge in [-0.1, -0.05) is 71.1 Å². The molecule has 0 aromatic rings. The lowest BCUT2D eigenvalue weighted by Crippen LogP contribution is -2.23. The highest BCUT2D eigenvalue weighted by Gasteiger charge is 2.02. The molecule has 0 amide bonds. The van der Waals surface area contributed by atoms with E-state index in [1.807, 2.05) is 0 Å². The van der Waals surface area contributed by atoms with Crippen LogP contribution in [0.4, 0.5) is 0 Å². The van der Waals surface area contributed by atoms with Crippen molar-refractivity contribution in [3.63, 3.8) is 0 Å². The molecule has 0 unspecified atom stereocenters. The van der Waals surface area contributed by atoms with E-state index in [0.717, 1.165) is 12.8 Å². The number of carbonyl (C=O) groups is 1. The first-order chi connectivity index (χ1) is 9.66. The number of hydrogen-bond donors (Lipinski definition) is 2. The van der Waals surface area contributed by atoms with Gasteiger partial charge in [0.2, 0.25) is 5.96 Å². The molecule has 0 spiro atoms. The zero-order chi connectivity index (χ0) is 15.1. The molecule has 0 fully saturated rings. The molecule has 0 saturated heterocycles. The van der Waals surface area contributed by atoms with Crippen LogP contribution >= 0.6 is 0 Å². The van der Waals surface area contributed by atoms with Crippen molar-refractivity contribution in [1.82, 2.24) is 0 Å². The third-order valence-electron chi connectivity index (χ3n) is 3.24. The summed E-state index contributed by atoms with van der Waals surface area (Å²) >= 11 is 0. The van der Waals surface area contributed by atoms with E-state index in [4.69, 9.17) is 11.5 Å². The van der Waals surface area contributed by atoms with Gasteiger partial charge in [-0.25, -0.2) is 4.79 Å². The second kappa shape index (κ2) is 14.2. The molecule has 0 atom stereocenters. The summed E-state index contributed by atoms with van der Waals surface area (Å²) in [6.07, 6.45) is 14.2. The van der Waals surface area contributed by atoms with Gasteiger partial charge in [0.25, 0.3) is 0 Å². The van der Waals surface area contributed by atoms with E-state index in [2.05, 4.69) is 16.9 Å². The van der Waals surface area contributed by atoms with Crippen molar-refractivity contribution in [3.05, 3.63) is 0 Å². The van der Waals surface area contributed by atoms with E-state index in [1.165, 1.54) is 57.8 Å². The fourth-order valence-corrected chi connectivity index (χ4v) is 2.08. The minimum atomic E-state index is -0.366. The summed E-state index contributed by atoms with van der Waals surface area (Å²) in [5, 5.41) is 3.22. The molecule has 118 valence electrons. The second-order valence-electron chi connectivity index (χ2n) is 5.26. The molecule has 0 heterocycles. The van der Waals surface area contributed by atoms with Gasteiger partial charge in [-0.2, -0.15) is 0 Å². The van der Waals surface area contributed by atoms with Gasteiger partial charge in [0.15, 0.2) is 0 Å². The fraction of sp³-hybridized carbons (Fsp3) is 0.867. The Morgan fingerprint density at radius 2 is 1.30 bits per heavy atom. The van der Waals surface area contributed by atoms with Crippen LogP contribution in [0.3, 0.4) is 0 Å². The molecule has 5 heteroatoms. The van der Waals surface area contributed by atoms with Crippen molar-refractivity contribution in [2.45, 2.75) is 84.0 Å². The summed E-state index contributed by atoms with van der Waals surface area (Å²) in [6, 6.07) is 0. The molecule has 4 N–H and O–H groups in total. The van der Waals surface area contributed by atoms with Gasteiger partial charge in [-0.15, -0.1) is 0 Å². The molecule has 0 aliphatic heterocycles. The third-order valence-corrected chi connectivity index (χ3v) is 3.24. The second-order valence-corrected chi connectivity index (χ2v) is 5.26. The zero-order valence-electron chi connectivity index (χ0n) is 12.9. The van der Waals surface area contributed by atoms with Gasteiger partial charge in [0.1, 0.15) is 0 Å². The average Bonchev–Trinajstić information content (AvgIpc) is 2.42. The lowest BCUT2D eigenvalue weighted by Gasteiger charge is -2.02. The molecular formula is C15H31N3O2. The largest absolute Gasteiger partial charge is 0.367 e. The molecule has 0 aliphatic carbocycles. The molecule has 0 radical (unpaired) electrons. The van der Waals surface area contributed by atoms with Gasteiger partial charge < -0.3 is 16.3 Å². The van der Waals surface area contributed by atoms with Crippen molar-refractivity contribution in [2.75, 3.05) is 0 Å². The standard InChI is InChI=1S/C15H31N3O2/c1-2-3-4-5-6-7-8-9-10-11-12-13-14(19)20-18-15(16)17/h2-13H2,1H3,(H4,16,17,18). The van der Waals surface area contributed by atoms with Crippen LogP contribution in [0.15, 0.2) is 5.16 Å². The minimum absolute atomic E-state index is 0.225. The number of guanidine groups is 1. The molecule has 0 aromatic carbocycles. The van der Waals surface area contributed by atoms with Crippen molar-refractivity contribution >= 4 is 11.9 Å². The first kappa shape index (κ1) is 18.7. The number of carbonyl (C=O) groups excluding carboxylic acids is 1. The summed E-state index contributed by atoms with van der Waals surface area (Å²) in [5.41, 5.74) is 10.1. The highest BCUT2D eigenvalue weighted by molar-refractivity contribution is 5.77. The topological polar surface area (TPSA) is 90.7 Å². The first-order valence-electron chi connectivity index (χ1n) is 7.95.